The van der Waals surface area contributed by atoms with Gasteiger partial charge in [0.05, 0.1) is 17.8 Å². The van der Waals surface area contributed by atoms with Crippen molar-refractivity contribution in [2.24, 2.45) is 17.8 Å². The molecule has 33 heavy (non-hydrogen) atoms. The molecule has 0 unspecified atom stereocenters. The topological polar surface area (TPSA) is 149 Å². The molecule has 0 amide bonds. The van der Waals surface area contributed by atoms with E-state index in [2.05, 4.69) is 4.98 Å². The number of nitrogens with two attached hydrogens (primary N) is 1. The van der Waals surface area contributed by atoms with Crippen molar-refractivity contribution in [1.29, 1.82) is 0 Å². The third kappa shape index (κ3) is 6.10. The molecule has 1 aromatic heterocycles. The fourth-order valence-corrected chi connectivity index (χ4v) is 3.08. The molecule has 11 heteroatoms. The van der Waals surface area contributed by atoms with Crippen LogP contribution in [0.25, 0.3) is 0 Å². The summed E-state index contributed by atoms with van der Waals surface area (Å²) in [6, 6.07) is 1.38. The third-order valence-electron chi connectivity index (χ3n) is 5.11. The quantitative estimate of drug-likeness (QED) is 0.439. The van der Waals surface area contributed by atoms with Crippen molar-refractivity contribution in [1.82, 2.24) is 9.55 Å². The molecule has 184 valence electrons. The zero-order valence-electron chi connectivity index (χ0n) is 20.1. The van der Waals surface area contributed by atoms with Crippen LogP contribution in [-0.2, 0) is 33.3 Å². The van der Waals surface area contributed by atoms with Gasteiger partial charge in [-0.2, -0.15) is 4.98 Å². The van der Waals surface area contributed by atoms with Crippen molar-refractivity contribution >= 4 is 23.7 Å². The summed E-state index contributed by atoms with van der Waals surface area (Å²) in [4.78, 5) is 53.4. The number of carbonyl (C=O) groups is 3. The van der Waals surface area contributed by atoms with Crippen LogP contribution in [0.3, 0.4) is 0 Å². The fourth-order valence-electron chi connectivity index (χ4n) is 3.08. The maximum absolute atomic E-state index is 12.6. The van der Waals surface area contributed by atoms with Gasteiger partial charge in [0.15, 0.2) is 18.4 Å². The normalized spacial score (nSPS) is 24.8. The molecule has 0 spiro atoms. The number of nitrogens with zero attached hydrogens (tertiary/aromatic N) is 2. The molecule has 11 nitrogen and oxygen atoms in total. The van der Waals surface area contributed by atoms with Crippen LogP contribution in [0.1, 0.15) is 54.7 Å². The molecule has 0 aromatic carbocycles. The van der Waals surface area contributed by atoms with Gasteiger partial charge in [0.2, 0.25) is 0 Å². The van der Waals surface area contributed by atoms with E-state index in [4.69, 9.17) is 24.7 Å². The van der Waals surface area contributed by atoms with Crippen LogP contribution in [-0.4, -0.2) is 51.9 Å². The Kier molecular flexibility index (Phi) is 8.23. The lowest BCUT2D eigenvalue weighted by Crippen LogP contribution is -2.49. The molecular weight excluding hydrogens is 434 g/mol. The molecule has 0 radical (unpaired) electrons. The van der Waals surface area contributed by atoms with Gasteiger partial charge in [-0.1, -0.05) is 41.5 Å². The maximum Gasteiger partial charge on any atom is 0.351 e. The molecule has 4 atom stereocenters. The van der Waals surface area contributed by atoms with E-state index in [1.807, 2.05) is 0 Å². The average Bonchev–Trinajstić information content (AvgIpc) is 2.97. The van der Waals surface area contributed by atoms with E-state index in [0.717, 1.165) is 4.57 Å². The SMILES string of the molecule is CC(C)C(=O)OC[C@@]1(C)O[C@@H](n2ccc(N)nc2=O)[C@H](OC(=O)C(C)C)[C@@H]1OC(=O)C(C)C. The summed E-state index contributed by atoms with van der Waals surface area (Å²) in [5.74, 6) is -3.03. The minimum Gasteiger partial charge on any atom is -0.462 e. The molecule has 1 aliphatic rings. The zero-order chi connectivity index (χ0) is 25.1. The highest BCUT2D eigenvalue weighted by atomic mass is 16.7. The summed E-state index contributed by atoms with van der Waals surface area (Å²) in [5, 5.41) is 0. The first-order chi connectivity index (χ1) is 15.3. The predicted molar refractivity (Wildman–Crippen MR) is 117 cm³/mol. The summed E-state index contributed by atoms with van der Waals surface area (Å²) in [6.07, 6.45) is -2.25. The first-order valence-electron chi connectivity index (χ1n) is 10.9. The number of rotatable bonds is 8. The highest BCUT2D eigenvalue weighted by Crippen LogP contribution is 2.41. The van der Waals surface area contributed by atoms with E-state index in [-0.39, 0.29) is 12.4 Å². The second-order valence-electron chi connectivity index (χ2n) is 9.19. The van der Waals surface area contributed by atoms with Crippen LogP contribution < -0.4 is 11.4 Å². The van der Waals surface area contributed by atoms with E-state index in [1.165, 1.54) is 12.3 Å². The molecule has 0 saturated carbocycles. The monoisotopic (exact) mass is 467 g/mol. The molecule has 2 N–H and O–H groups in total. The molecule has 1 aromatic rings. The standard InChI is InChI=1S/C22H33N3O8/c1-11(2)18(26)30-10-22(7)16(32-20(28)13(5)6)15(31-19(27)12(3)4)17(33-22)25-9-8-14(23)24-21(25)29/h8-9,11-13,15-17H,10H2,1-7H3,(H2,23,24,29)/t15-,16+,17-,22-/m1/s1. The fraction of sp³-hybridized carbons (Fsp3) is 0.682. The van der Waals surface area contributed by atoms with Crippen molar-refractivity contribution in [3.05, 3.63) is 22.7 Å². The molecule has 1 saturated heterocycles. The Morgan fingerprint density at radius 1 is 1.06 bits per heavy atom. The average molecular weight is 468 g/mol. The summed E-state index contributed by atoms with van der Waals surface area (Å²) >= 11 is 0. The second kappa shape index (κ2) is 10.3. The first-order valence-corrected chi connectivity index (χ1v) is 10.9. The first kappa shape index (κ1) is 26.3. The van der Waals surface area contributed by atoms with Gasteiger partial charge in [-0.15, -0.1) is 0 Å². The number of anilines is 1. The highest BCUT2D eigenvalue weighted by molar-refractivity contribution is 5.73. The largest absolute Gasteiger partial charge is 0.462 e. The molecular formula is C22H33N3O8. The molecule has 1 aliphatic heterocycles. The lowest BCUT2D eigenvalue weighted by molar-refractivity contribution is -0.181. The molecule has 0 aliphatic carbocycles. The maximum atomic E-state index is 12.6. The summed E-state index contributed by atoms with van der Waals surface area (Å²) in [7, 11) is 0. The van der Waals surface area contributed by atoms with Gasteiger partial charge in [0.25, 0.3) is 0 Å². The van der Waals surface area contributed by atoms with Crippen LogP contribution in [0, 0.1) is 17.8 Å². The minimum atomic E-state index is -1.43. The number of hydrogen-bond donors (Lipinski definition) is 1. The van der Waals surface area contributed by atoms with Gasteiger partial charge in [0.1, 0.15) is 18.0 Å². The molecule has 1 fully saturated rings. The van der Waals surface area contributed by atoms with Crippen molar-refractivity contribution < 1.29 is 33.3 Å². The van der Waals surface area contributed by atoms with Gasteiger partial charge in [-0.05, 0) is 13.0 Å². The van der Waals surface area contributed by atoms with Crippen LogP contribution in [0.4, 0.5) is 5.82 Å². The number of aromatic nitrogens is 2. The number of nitrogen functional groups attached to an aromatic ring is 1. The van der Waals surface area contributed by atoms with Crippen molar-refractivity contribution in [3.63, 3.8) is 0 Å². The predicted octanol–water partition coefficient (Wildman–Crippen LogP) is 1.45. The van der Waals surface area contributed by atoms with E-state index in [9.17, 15) is 19.2 Å². The zero-order valence-corrected chi connectivity index (χ0v) is 20.1. The highest BCUT2D eigenvalue weighted by Gasteiger charge is 2.58. The minimum absolute atomic E-state index is 0.00128. The van der Waals surface area contributed by atoms with Gasteiger partial charge in [-0.3, -0.25) is 19.0 Å². The Bertz CT molecular complexity index is 942. The van der Waals surface area contributed by atoms with Gasteiger partial charge >= 0.3 is 23.6 Å². The molecule has 0 bridgehead atoms. The Morgan fingerprint density at radius 2 is 1.61 bits per heavy atom. The number of esters is 3. The van der Waals surface area contributed by atoms with Gasteiger partial charge < -0.3 is 24.7 Å². The van der Waals surface area contributed by atoms with Crippen LogP contribution in [0.2, 0.25) is 0 Å². The van der Waals surface area contributed by atoms with E-state index < -0.39 is 65.4 Å². The molecule has 2 rings (SSSR count). The number of hydrogen-bond acceptors (Lipinski definition) is 10. The lowest BCUT2D eigenvalue weighted by atomic mass is 9.97. The molecule has 2 heterocycles. The van der Waals surface area contributed by atoms with E-state index in [1.54, 1.807) is 48.5 Å². The number of ether oxygens (including phenoxy) is 4. The van der Waals surface area contributed by atoms with Crippen molar-refractivity contribution in [2.75, 3.05) is 12.3 Å². The van der Waals surface area contributed by atoms with Gasteiger partial charge in [-0.25, -0.2) is 4.79 Å². The van der Waals surface area contributed by atoms with Crippen molar-refractivity contribution in [3.8, 4) is 0 Å². The van der Waals surface area contributed by atoms with Crippen LogP contribution in [0.15, 0.2) is 17.1 Å². The van der Waals surface area contributed by atoms with E-state index in [0.29, 0.717) is 0 Å². The van der Waals surface area contributed by atoms with Crippen molar-refractivity contribution in [2.45, 2.75) is 72.5 Å². The van der Waals surface area contributed by atoms with Gasteiger partial charge in [0, 0.05) is 6.20 Å². The third-order valence-corrected chi connectivity index (χ3v) is 5.11. The number of carbonyl (C=O) groups excluding carboxylic acids is 3. The Balaban J connectivity index is 2.54. The lowest BCUT2D eigenvalue weighted by Gasteiger charge is -2.31. The second-order valence-corrected chi connectivity index (χ2v) is 9.19. The van der Waals surface area contributed by atoms with Crippen LogP contribution in [0.5, 0.6) is 0 Å². The summed E-state index contributed by atoms with van der Waals surface area (Å²) in [5.41, 5.74) is 3.42. The van der Waals surface area contributed by atoms with E-state index >= 15 is 0 Å². The Labute approximate surface area is 192 Å². The summed E-state index contributed by atoms with van der Waals surface area (Å²) < 4.78 is 24.0. The van der Waals surface area contributed by atoms with Crippen LogP contribution >= 0.6 is 0 Å². The summed E-state index contributed by atoms with van der Waals surface area (Å²) in [6.45, 7) is 11.2. The Morgan fingerprint density at radius 3 is 2.12 bits per heavy atom. The smallest absolute Gasteiger partial charge is 0.351 e. The Hall–Kier alpha value is -2.95.